The van der Waals surface area contributed by atoms with Crippen molar-refractivity contribution in [1.29, 1.82) is 0 Å². The Bertz CT molecular complexity index is 1410. The minimum Gasteiger partial charge on any atom is -0.203 e. The molecule has 0 radical (unpaired) electrons. The van der Waals surface area contributed by atoms with Gasteiger partial charge in [0.1, 0.15) is 0 Å². The fourth-order valence-corrected chi connectivity index (χ4v) is 8.03. The molecule has 0 N–H and O–H groups in total. The van der Waals surface area contributed by atoms with E-state index in [1.807, 2.05) is 0 Å². The zero-order chi connectivity index (χ0) is 31.8. The van der Waals surface area contributed by atoms with E-state index in [0.717, 1.165) is 63.2 Å². The first-order valence-electron chi connectivity index (χ1n) is 17.6. The third-order valence-electron chi connectivity index (χ3n) is 10.8. The van der Waals surface area contributed by atoms with Gasteiger partial charge in [0.2, 0.25) is 0 Å². The van der Waals surface area contributed by atoms with E-state index in [4.69, 9.17) is 0 Å². The van der Waals surface area contributed by atoms with Gasteiger partial charge in [-0.15, -0.1) is 0 Å². The summed E-state index contributed by atoms with van der Waals surface area (Å²) in [7, 11) is 0. The SMILES string of the molecule is CC=CCCC1CCC(C2CCC(c3ccc(-c4ccc(-c5ccc(CCCCCC)c(F)c5F)cc4)c(F)c3F)CC2)CC1. The van der Waals surface area contributed by atoms with E-state index in [9.17, 15) is 8.78 Å². The maximum atomic E-state index is 15.5. The molecule has 0 aromatic heterocycles. The summed E-state index contributed by atoms with van der Waals surface area (Å²) in [6, 6.07) is 13.3. The number of allylic oxidation sites excluding steroid dienone is 2. The minimum absolute atomic E-state index is 0.0526. The summed E-state index contributed by atoms with van der Waals surface area (Å²) in [4.78, 5) is 0. The van der Waals surface area contributed by atoms with E-state index in [-0.39, 0.29) is 17.0 Å². The van der Waals surface area contributed by atoms with Gasteiger partial charge in [0.05, 0.1) is 0 Å². The summed E-state index contributed by atoms with van der Waals surface area (Å²) in [5.41, 5.74) is 2.27. The zero-order valence-electron chi connectivity index (χ0n) is 27.2. The molecule has 242 valence electrons. The molecule has 0 aliphatic heterocycles. The van der Waals surface area contributed by atoms with Crippen molar-refractivity contribution in [1.82, 2.24) is 0 Å². The highest BCUT2D eigenvalue weighted by atomic mass is 19.2. The van der Waals surface area contributed by atoms with Crippen molar-refractivity contribution >= 4 is 0 Å². The second-order valence-corrected chi connectivity index (χ2v) is 13.7. The number of unbranched alkanes of at least 4 members (excludes halogenated alkanes) is 3. The summed E-state index contributed by atoms with van der Waals surface area (Å²) in [6.45, 7) is 4.20. The molecule has 2 fully saturated rings. The number of hydrogen-bond acceptors (Lipinski definition) is 0. The Kier molecular flexibility index (Phi) is 12.0. The fourth-order valence-electron chi connectivity index (χ4n) is 8.03. The maximum absolute atomic E-state index is 15.5. The molecule has 0 unspecified atom stereocenters. The van der Waals surface area contributed by atoms with Gasteiger partial charge in [-0.25, -0.2) is 17.6 Å². The van der Waals surface area contributed by atoms with Crippen LogP contribution in [-0.2, 0) is 6.42 Å². The van der Waals surface area contributed by atoms with Crippen LogP contribution in [0.5, 0.6) is 0 Å². The normalized spacial score (nSPS) is 22.3. The summed E-state index contributed by atoms with van der Waals surface area (Å²) >= 11 is 0. The van der Waals surface area contributed by atoms with E-state index in [0.29, 0.717) is 34.6 Å². The highest BCUT2D eigenvalue weighted by Crippen LogP contribution is 2.45. The molecule has 3 aromatic rings. The van der Waals surface area contributed by atoms with Crippen LogP contribution in [0.1, 0.15) is 121 Å². The second-order valence-electron chi connectivity index (χ2n) is 13.7. The molecule has 4 heteroatoms. The Hall–Kier alpha value is -2.88. The molecular formula is C41H50F4. The van der Waals surface area contributed by atoms with Crippen LogP contribution in [0.4, 0.5) is 17.6 Å². The van der Waals surface area contributed by atoms with E-state index < -0.39 is 23.3 Å². The molecule has 2 aliphatic rings. The Labute approximate surface area is 268 Å². The average molecular weight is 619 g/mol. The van der Waals surface area contributed by atoms with Gasteiger partial charge >= 0.3 is 0 Å². The van der Waals surface area contributed by atoms with Crippen LogP contribution in [0.2, 0.25) is 0 Å². The Morgan fingerprint density at radius 3 is 1.80 bits per heavy atom. The van der Waals surface area contributed by atoms with E-state index >= 15 is 8.78 Å². The van der Waals surface area contributed by atoms with Gasteiger partial charge in [0.15, 0.2) is 23.3 Å². The molecule has 0 spiro atoms. The molecule has 2 aliphatic carbocycles. The van der Waals surface area contributed by atoms with Crippen LogP contribution < -0.4 is 0 Å². The quantitative estimate of drug-likeness (QED) is 0.108. The lowest BCUT2D eigenvalue weighted by Gasteiger charge is -2.38. The smallest absolute Gasteiger partial charge is 0.166 e. The van der Waals surface area contributed by atoms with Crippen LogP contribution in [-0.4, -0.2) is 0 Å². The lowest BCUT2D eigenvalue weighted by atomic mass is 9.68. The summed E-state index contributed by atoms with van der Waals surface area (Å²) < 4.78 is 60.8. The predicted octanol–water partition coefficient (Wildman–Crippen LogP) is 13.1. The molecule has 0 saturated heterocycles. The van der Waals surface area contributed by atoms with Crippen molar-refractivity contribution in [2.75, 3.05) is 0 Å². The molecule has 0 amide bonds. The first-order chi connectivity index (χ1) is 21.9. The summed E-state index contributed by atoms with van der Waals surface area (Å²) in [6.07, 6.45) is 20.8. The molecule has 45 heavy (non-hydrogen) atoms. The van der Waals surface area contributed by atoms with Crippen molar-refractivity contribution in [3.63, 3.8) is 0 Å². The number of hydrogen-bond donors (Lipinski definition) is 0. The molecule has 0 nitrogen and oxygen atoms in total. The van der Waals surface area contributed by atoms with E-state index in [2.05, 4.69) is 26.0 Å². The summed E-state index contributed by atoms with van der Waals surface area (Å²) in [5, 5.41) is 0. The zero-order valence-corrected chi connectivity index (χ0v) is 27.2. The second kappa shape index (κ2) is 16.1. The lowest BCUT2D eigenvalue weighted by Crippen LogP contribution is -2.25. The van der Waals surface area contributed by atoms with Crippen LogP contribution in [0.15, 0.2) is 60.7 Å². The van der Waals surface area contributed by atoms with Gasteiger partial charge in [0, 0.05) is 11.1 Å². The molecule has 3 aromatic carbocycles. The number of halogens is 4. The van der Waals surface area contributed by atoms with Crippen LogP contribution in [0.25, 0.3) is 22.3 Å². The van der Waals surface area contributed by atoms with Gasteiger partial charge in [-0.1, -0.05) is 99.7 Å². The largest absolute Gasteiger partial charge is 0.203 e. The molecule has 2 saturated carbocycles. The van der Waals surface area contributed by atoms with Crippen LogP contribution >= 0.6 is 0 Å². The van der Waals surface area contributed by atoms with Crippen molar-refractivity contribution in [2.24, 2.45) is 17.8 Å². The molecule has 5 rings (SSSR count). The fraction of sp³-hybridized carbons (Fsp3) is 0.512. The predicted molar refractivity (Wildman–Crippen MR) is 179 cm³/mol. The Morgan fingerprint density at radius 1 is 0.622 bits per heavy atom. The number of aryl methyl sites for hydroxylation is 1. The number of benzene rings is 3. The Balaban J connectivity index is 1.19. The van der Waals surface area contributed by atoms with Gasteiger partial charge in [-0.2, -0.15) is 0 Å². The first kappa shape index (κ1) is 33.5. The third kappa shape index (κ3) is 8.10. The average Bonchev–Trinajstić information content (AvgIpc) is 3.07. The van der Waals surface area contributed by atoms with Crippen molar-refractivity contribution in [3.8, 4) is 22.3 Å². The van der Waals surface area contributed by atoms with Gasteiger partial charge in [-0.3, -0.25) is 0 Å². The highest BCUT2D eigenvalue weighted by Gasteiger charge is 2.32. The minimum atomic E-state index is -0.861. The summed E-state index contributed by atoms with van der Waals surface area (Å²) in [5.74, 6) is -0.822. The van der Waals surface area contributed by atoms with E-state index in [1.165, 1.54) is 38.5 Å². The van der Waals surface area contributed by atoms with Crippen molar-refractivity contribution < 1.29 is 17.6 Å². The highest BCUT2D eigenvalue weighted by molar-refractivity contribution is 5.71. The van der Waals surface area contributed by atoms with E-state index in [1.54, 1.807) is 48.5 Å². The molecule has 0 atom stereocenters. The van der Waals surface area contributed by atoms with Crippen molar-refractivity contribution in [2.45, 2.75) is 116 Å². The van der Waals surface area contributed by atoms with Gasteiger partial charge in [0.25, 0.3) is 0 Å². The Morgan fingerprint density at radius 2 is 1.20 bits per heavy atom. The van der Waals surface area contributed by atoms with Crippen molar-refractivity contribution in [3.05, 3.63) is 95.1 Å². The first-order valence-corrected chi connectivity index (χ1v) is 17.6. The van der Waals surface area contributed by atoms with Crippen LogP contribution in [0, 0.1) is 41.0 Å². The molecular weight excluding hydrogens is 568 g/mol. The van der Waals surface area contributed by atoms with Gasteiger partial charge < -0.3 is 0 Å². The van der Waals surface area contributed by atoms with Crippen LogP contribution in [0.3, 0.4) is 0 Å². The topological polar surface area (TPSA) is 0 Å². The maximum Gasteiger partial charge on any atom is 0.166 e. The monoisotopic (exact) mass is 618 g/mol. The molecule has 0 bridgehead atoms. The molecule has 0 heterocycles. The van der Waals surface area contributed by atoms with Gasteiger partial charge in [-0.05, 0) is 117 Å². The number of rotatable bonds is 12. The third-order valence-corrected chi connectivity index (χ3v) is 10.8. The lowest BCUT2D eigenvalue weighted by molar-refractivity contribution is 0.156. The standard InChI is InChI=1S/C41H50F4/c1-3-5-7-9-11-34-24-25-35(39(43)38(34)42)32-20-22-33(23-21-32)37-27-26-36(40(44)41(37)45)31-18-16-30(17-19-31)29-14-12-28(13-15-29)10-8-6-4-2/h4,6,20-31H,3,5,7-19H2,1-2H3.